The molecule has 0 aliphatic rings. The van der Waals surface area contributed by atoms with Gasteiger partial charge in [0, 0.05) is 0 Å². The van der Waals surface area contributed by atoms with Gasteiger partial charge in [-0.15, -0.1) is 0 Å². The normalized spacial score (nSPS) is 11.4. The minimum absolute atomic E-state index is 0.931. The second kappa shape index (κ2) is 17.6. The molecule has 0 saturated heterocycles. The van der Waals surface area contributed by atoms with E-state index in [0.717, 1.165) is 11.4 Å². The summed E-state index contributed by atoms with van der Waals surface area (Å²) in [6.07, 6.45) is 21.4. The van der Waals surface area contributed by atoms with Crippen LogP contribution < -0.4 is 0 Å². The van der Waals surface area contributed by atoms with Crippen molar-refractivity contribution in [1.82, 2.24) is 0 Å². The lowest BCUT2D eigenvalue weighted by molar-refractivity contribution is 0.589. The monoisotopic (exact) mass is 434 g/mol. The molecule has 0 atom stereocenters. The van der Waals surface area contributed by atoms with Crippen LogP contribution in [0.2, 0.25) is 0 Å². The summed E-state index contributed by atoms with van der Waals surface area (Å²) < 4.78 is 0. The van der Waals surface area contributed by atoms with Gasteiger partial charge in [0.15, 0.2) is 0 Å². The van der Waals surface area contributed by atoms with Crippen LogP contribution in [0.1, 0.15) is 115 Å². The summed E-state index contributed by atoms with van der Waals surface area (Å²) in [5.41, 5.74) is 4.68. The Kier molecular flexibility index (Phi) is 14.4. The van der Waals surface area contributed by atoms with Crippen molar-refractivity contribution in [2.75, 3.05) is 0 Å². The zero-order valence-corrected chi connectivity index (χ0v) is 20.8. The first-order valence-electron chi connectivity index (χ1n) is 13.4. The lowest BCUT2D eigenvalue weighted by Crippen LogP contribution is -1.86. The lowest BCUT2D eigenvalue weighted by atomic mass is 10.0. The number of rotatable bonds is 18. The summed E-state index contributed by atoms with van der Waals surface area (Å²) >= 11 is 0. The van der Waals surface area contributed by atoms with Crippen molar-refractivity contribution in [3.8, 4) is 0 Å². The maximum absolute atomic E-state index is 4.42. The fourth-order valence-electron chi connectivity index (χ4n) is 4.15. The standard InChI is InChI=1S/C30H46N2/c1-3-5-7-9-11-13-15-17-27-19-23-29(24-20-27)31-32-30-25-21-28(22-26-30)18-16-14-12-10-8-6-4-2/h19-26H,3-18H2,1-2H3/b32-31+. The summed E-state index contributed by atoms with van der Waals surface area (Å²) in [6.45, 7) is 4.55. The van der Waals surface area contributed by atoms with E-state index in [9.17, 15) is 0 Å². The predicted molar refractivity (Wildman–Crippen MR) is 140 cm³/mol. The van der Waals surface area contributed by atoms with Gasteiger partial charge < -0.3 is 0 Å². The van der Waals surface area contributed by atoms with Crippen LogP contribution in [0.4, 0.5) is 11.4 Å². The third kappa shape index (κ3) is 12.2. The molecule has 2 aromatic carbocycles. The molecule has 2 heteroatoms. The second-order valence-corrected chi connectivity index (χ2v) is 9.28. The number of unbranched alkanes of at least 4 members (excludes halogenated alkanes) is 12. The Balaban J connectivity index is 1.64. The zero-order chi connectivity index (χ0) is 22.7. The number of hydrogen-bond donors (Lipinski definition) is 0. The van der Waals surface area contributed by atoms with Gasteiger partial charge in [-0.1, -0.05) is 115 Å². The van der Waals surface area contributed by atoms with Crippen molar-refractivity contribution >= 4 is 11.4 Å². The van der Waals surface area contributed by atoms with E-state index in [4.69, 9.17) is 0 Å². The van der Waals surface area contributed by atoms with Gasteiger partial charge in [0.1, 0.15) is 0 Å². The Morgan fingerprint density at radius 2 is 0.719 bits per heavy atom. The number of aryl methyl sites for hydroxylation is 2. The smallest absolute Gasteiger partial charge is 0.0857 e. The first-order valence-corrected chi connectivity index (χ1v) is 13.4. The molecular formula is C30H46N2. The topological polar surface area (TPSA) is 24.7 Å². The third-order valence-electron chi connectivity index (χ3n) is 6.29. The first-order chi connectivity index (χ1) is 15.8. The van der Waals surface area contributed by atoms with Gasteiger partial charge in [-0.25, -0.2) is 0 Å². The molecule has 0 aliphatic heterocycles. The highest BCUT2D eigenvalue weighted by atomic mass is 15.1. The highest BCUT2D eigenvalue weighted by Gasteiger charge is 1.98. The van der Waals surface area contributed by atoms with E-state index >= 15 is 0 Å². The molecule has 0 heterocycles. The summed E-state index contributed by atoms with van der Waals surface area (Å²) in [4.78, 5) is 0. The van der Waals surface area contributed by atoms with E-state index in [2.05, 4.69) is 72.6 Å². The fraction of sp³-hybridized carbons (Fsp3) is 0.600. The Labute approximate surface area is 198 Å². The molecule has 0 spiro atoms. The van der Waals surface area contributed by atoms with E-state index in [1.807, 2.05) is 0 Å². The van der Waals surface area contributed by atoms with Crippen molar-refractivity contribution in [3.05, 3.63) is 59.7 Å². The third-order valence-corrected chi connectivity index (χ3v) is 6.29. The summed E-state index contributed by atoms with van der Waals surface area (Å²) in [7, 11) is 0. The Bertz CT molecular complexity index is 652. The van der Waals surface area contributed by atoms with Crippen LogP contribution in [0.5, 0.6) is 0 Å². The zero-order valence-electron chi connectivity index (χ0n) is 20.8. The van der Waals surface area contributed by atoms with Crippen LogP contribution in [0.25, 0.3) is 0 Å². The lowest BCUT2D eigenvalue weighted by Gasteiger charge is -2.03. The van der Waals surface area contributed by atoms with Gasteiger partial charge in [0.25, 0.3) is 0 Å². The fourth-order valence-corrected chi connectivity index (χ4v) is 4.15. The predicted octanol–water partition coefficient (Wildman–Crippen LogP) is 10.7. The SMILES string of the molecule is CCCCCCCCCc1ccc(/N=N/c2ccc(CCCCCCCCC)cc2)cc1. The van der Waals surface area contributed by atoms with Crippen LogP contribution in [0.3, 0.4) is 0 Å². The molecule has 0 amide bonds. The molecule has 2 aromatic rings. The average Bonchev–Trinajstić information content (AvgIpc) is 2.83. The highest BCUT2D eigenvalue weighted by Crippen LogP contribution is 2.21. The Morgan fingerprint density at radius 3 is 1.06 bits per heavy atom. The molecule has 0 aliphatic carbocycles. The van der Waals surface area contributed by atoms with Gasteiger partial charge in [0.05, 0.1) is 11.4 Å². The van der Waals surface area contributed by atoms with Gasteiger partial charge >= 0.3 is 0 Å². The van der Waals surface area contributed by atoms with E-state index < -0.39 is 0 Å². The maximum Gasteiger partial charge on any atom is 0.0857 e. The van der Waals surface area contributed by atoms with Gasteiger partial charge in [-0.3, -0.25) is 0 Å². The summed E-state index contributed by atoms with van der Waals surface area (Å²) in [5, 5.41) is 8.84. The van der Waals surface area contributed by atoms with Crippen LogP contribution in [0, 0.1) is 0 Å². The average molecular weight is 435 g/mol. The largest absolute Gasteiger partial charge is 0.151 e. The van der Waals surface area contributed by atoms with Crippen molar-refractivity contribution in [1.29, 1.82) is 0 Å². The van der Waals surface area contributed by atoms with Crippen LogP contribution in [-0.4, -0.2) is 0 Å². The van der Waals surface area contributed by atoms with Crippen molar-refractivity contribution < 1.29 is 0 Å². The van der Waals surface area contributed by atoms with E-state index in [0.29, 0.717) is 0 Å². The molecule has 2 rings (SSSR count). The minimum Gasteiger partial charge on any atom is -0.151 e. The van der Waals surface area contributed by atoms with Crippen molar-refractivity contribution in [2.45, 2.75) is 117 Å². The van der Waals surface area contributed by atoms with Crippen molar-refractivity contribution in [3.63, 3.8) is 0 Å². The molecule has 0 fully saturated rings. The molecule has 0 saturated carbocycles. The summed E-state index contributed by atoms with van der Waals surface area (Å²) in [5.74, 6) is 0. The molecular weight excluding hydrogens is 388 g/mol. The molecule has 2 nitrogen and oxygen atoms in total. The van der Waals surface area contributed by atoms with Gasteiger partial charge in [-0.2, -0.15) is 10.2 Å². The van der Waals surface area contributed by atoms with Crippen molar-refractivity contribution in [2.24, 2.45) is 10.2 Å². The van der Waals surface area contributed by atoms with E-state index in [1.54, 1.807) is 0 Å². The highest BCUT2D eigenvalue weighted by molar-refractivity contribution is 5.42. The molecule has 0 radical (unpaired) electrons. The maximum atomic E-state index is 4.42. The number of azo groups is 1. The molecule has 32 heavy (non-hydrogen) atoms. The minimum atomic E-state index is 0.931. The molecule has 0 aromatic heterocycles. The molecule has 0 unspecified atom stereocenters. The molecule has 0 bridgehead atoms. The van der Waals surface area contributed by atoms with Crippen LogP contribution in [-0.2, 0) is 12.8 Å². The number of hydrogen-bond acceptors (Lipinski definition) is 2. The van der Waals surface area contributed by atoms with Gasteiger partial charge in [0.2, 0.25) is 0 Å². The van der Waals surface area contributed by atoms with Crippen LogP contribution in [0.15, 0.2) is 58.8 Å². The second-order valence-electron chi connectivity index (χ2n) is 9.28. The van der Waals surface area contributed by atoms with Gasteiger partial charge in [-0.05, 0) is 61.1 Å². The van der Waals surface area contributed by atoms with E-state index in [-0.39, 0.29) is 0 Å². The summed E-state index contributed by atoms with van der Waals surface area (Å²) in [6, 6.07) is 17.2. The molecule has 0 N–H and O–H groups in total. The number of benzene rings is 2. The number of nitrogens with zero attached hydrogens (tertiary/aromatic N) is 2. The molecule has 176 valence electrons. The quantitative estimate of drug-likeness (QED) is 0.165. The first kappa shape index (κ1) is 26.3. The van der Waals surface area contributed by atoms with Crippen LogP contribution >= 0.6 is 0 Å². The van der Waals surface area contributed by atoms with E-state index in [1.165, 1.54) is 114 Å². The Morgan fingerprint density at radius 1 is 0.406 bits per heavy atom. The Hall–Kier alpha value is -1.96.